The maximum atomic E-state index is 12.8. The van der Waals surface area contributed by atoms with Crippen LogP contribution in [0.5, 0.6) is 0 Å². The van der Waals surface area contributed by atoms with E-state index in [1.807, 2.05) is 0 Å². The van der Waals surface area contributed by atoms with Gasteiger partial charge in [-0.3, -0.25) is 9.59 Å². The van der Waals surface area contributed by atoms with E-state index in [2.05, 4.69) is 5.32 Å². The third kappa shape index (κ3) is 3.10. The summed E-state index contributed by atoms with van der Waals surface area (Å²) in [5, 5.41) is 2.69. The van der Waals surface area contributed by atoms with Crippen LogP contribution in [0.1, 0.15) is 45.4 Å². The average Bonchev–Trinajstić information content (AvgIpc) is 2.43. The Hall–Kier alpha value is -1.20. The molecule has 2 amide bonds. The fourth-order valence-corrected chi connectivity index (χ4v) is 3.34. The molecule has 1 heterocycles. The SMILES string of the molecule is CCC1NC(=O)C(C2CCCCC2)N(CC(F)F)C1=O. The van der Waals surface area contributed by atoms with Crippen LogP contribution in [-0.2, 0) is 9.59 Å². The Morgan fingerprint density at radius 2 is 1.90 bits per heavy atom. The molecule has 20 heavy (non-hydrogen) atoms. The Bertz CT molecular complexity index is 370. The van der Waals surface area contributed by atoms with Crippen LogP contribution in [0.4, 0.5) is 8.78 Å². The van der Waals surface area contributed by atoms with Crippen LogP contribution in [-0.4, -0.2) is 41.8 Å². The first-order valence-corrected chi connectivity index (χ1v) is 7.43. The fraction of sp³-hybridized carbons (Fsp3) is 0.857. The van der Waals surface area contributed by atoms with Gasteiger partial charge in [0.25, 0.3) is 6.43 Å². The van der Waals surface area contributed by atoms with E-state index < -0.39 is 25.1 Å². The van der Waals surface area contributed by atoms with Crippen LogP contribution in [0.3, 0.4) is 0 Å². The molecule has 1 saturated carbocycles. The highest BCUT2D eigenvalue weighted by Gasteiger charge is 2.44. The number of piperazine rings is 1. The highest BCUT2D eigenvalue weighted by Crippen LogP contribution is 2.31. The van der Waals surface area contributed by atoms with E-state index in [-0.39, 0.29) is 17.7 Å². The highest BCUT2D eigenvalue weighted by atomic mass is 19.3. The zero-order valence-corrected chi connectivity index (χ0v) is 11.8. The lowest BCUT2D eigenvalue weighted by Crippen LogP contribution is -2.66. The van der Waals surface area contributed by atoms with Crippen LogP contribution >= 0.6 is 0 Å². The fourth-order valence-electron chi connectivity index (χ4n) is 3.34. The molecule has 2 unspecified atom stereocenters. The summed E-state index contributed by atoms with van der Waals surface area (Å²) in [5.41, 5.74) is 0. The molecule has 4 nitrogen and oxygen atoms in total. The van der Waals surface area contributed by atoms with Gasteiger partial charge in [0.1, 0.15) is 12.1 Å². The van der Waals surface area contributed by atoms with E-state index in [9.17, 15) is 18.4 Å². The molecular weight excluding hydrogens is 266 g/mol. The number of amides is 2. The minimum Gasteiger partial charge on any atom is -0.343 e. The van der Waals surface area contributed by atoms with Crippen molar-refractivity contribution in [2.75, 3.05) is 6.54 Å². The van der Waals surface area contributed by atoms with Crippen molar-refractivity contribution >= 4 is 11.8 Å². The summed E-state index contributed by atoms with van der Waals surface area (Å²) in [6, 6.07) is -1.36. The van der Waals surface area contributed by atoms with Crippen LogP contribution in [0.2, 0.25) is 0 Å². The molecule has 2 aliphatic rings. The summed E-state index contributed by atoms with van der Waals surface area (Å²) in [6.07, 6.45) is 2.62. The van der Waals surface area contributed by atoms with Crippen molar-refractivity contribution in [3.8, 4) is 0 Å². The van der Waals surface area contributed by atoms with Gasteiger partial charge in [0.15, 0.2) is 0 Å². The minimum atomic E-state index is -2.60. The molecule has 0 aromatic carbocycles. The van der Waals surface area contributed by atoms with Gasteiger partial charge in [-0.25, -0.2) is 8.78 Å². The molecule has 1 N–H and O–H groups in total. The van der Waals surface area contributed by atoms with Gasteiger partial charge < -0.3 is 10.2 Å². The maximum Gasteiger partial charge on any atom is 0.255 e. The number of carbonyl (C=O) groups is 2. The number of alkyl halides is 2. The van der Waals surface area contributed by atoms with Crippen LogP contribution in [0.15, 0.2) is 0 Å². The van der Waals surface area contributed by atoms with E-state index in [1.165, 1.54) is 0 Å². The summed E-state index contributed by atoms with van der Waals surface area (Å²) >= 11 is 0. The number of halogens is 2. The largest absolute Gasteiger partial charge is 0.343 e. The number of nitrogens with zero attached hydrogens (tertiary/aromatic N) is 1. The normalized spacial score (nSPS) is 28.9. The lowest BCUT2D eigenvalue weighted by Gasteiger charge is -2.43. The predicted molar refractivity (Wildman–Crippen MR) is 70.3 cm³/mol. The molecule has 114 valence electrons. The molecule has 1 aliphatic heterocycles. The second kappa shape index (κ2) is 6.50. The van der Waals surface area contributed by atoms with Crippen molar-refractivity contribution in [1.82, 2.24) is 10.2 Å². The van der Waals surface area contributed by atoms with Gasteiger partial charge in [0.2, 0.25) is 11.8 Å². The lowest BCUT2D eigenvalue weighted by molar-refractivity contribution is -0.154. The smallest absolute Gasteiger partial charge is 0.255 e. The zero-order chi connectivity index (χ0) is 14.7. The summed E-state index contributed by atoms with van der Waals surface area (Å²) in [4.78, 5) is 25.7. The molecule has 2 rings (SSSR count). The summed E-state index contributed by atoms with van der Waals surface area (Å²) in [5.74, 6) is -0.601. The molecule has 6 heteroatoms. The molecule has 2 fully saturated rings. The Labute approximate surface area is 117 Å². The average molecular weight is 288 g/mol. The van der Waals surface area contributed by atoms with Crippen molar-refractivity contribution in [2.45, 2.75) is 64.0 Å². The van der Waals surface area contributed by atoms with Crippen LogP contribution in [0.25, 0.3) is 0 Å². The third-order valence-corrected chi connectivity index (χ3v) is 4.34. The second-order valence-corrected chi connectivity index (χ2v) is 5.69. The number of rotatable bonds is 4. The number of nitrogens with one attached hydrogen (secondary N) is 1. The van der Waals surface area contributed by atoms with Gasteiger partial charge in [0.05, 0.1) is 6.54 Å². The van der Waals surface area contributed by atoms with Gasteiger partial charge in [-0.15, -0.1) is 0 Å². The second-order valence-electron chi connectivity index (χ2n) is 5.69. The Balaban J connectivity index is 2.20. The minimum absolute atomic E-state index is 0.0178. The Morgan fingerprint density at radius 1 is 1.25 bits per heavy atom. The summed E-state index contributed by atoms with van der Waals surface area (Å²) in [7, 11) is 0. The first-order chi connectivity index (χ1) is 9.54. The van der Waals surface area contributed by atoms with Gasteiger partial charge in [-0.05, 0) is 25.2 Å². The molecule has 0 spiro atoms. The van der Waals surface area contributed by atoms with Crippen molar-refractivity contribution in [3.05, 3.63) is 0 Å². The first-order valence-electron chi connectivity index (χ1n) is 7.43. The van der Waals surface area contributed by atoms with Crippen LogP contribution < -0.4 is 5.32 Å². The molecular formula is C14H22F2N2O2. The molecule has 2 atom stereocenters. The van der Waals surface area contributed by atoms with Gasteiger partial charge >= 0.3 is 0 Å². The number of hydrogen-bond acceptors (Lipinski definition) is 2. The standard InChI is InChI=1S/C14H22F2N2O2/c1-2-10-14(20)18(8-11(15)16)12(13(19)17-10)9-6-4-3-5-7-9/h9-12H,2-8H2,1H3,(H,17,19). The molecule has 1 saturated heterocycles. The molecule has 0 bridgehead atoms. The highest BCUT2D eigenvalue weighted by molar-refractivity contribution is 5.97. The third-order valence-electron chi connectivity index (χ3n) is 4.34. The first kappa shape index (κ1) is 15.2. The summed E-state index contributed by atoms with van der Waals surface area (Å²) < 4.78 is 25.5. The van der Waals surface area contributed by atoms with E-state index in [4.69, 9.17) is 0 Å². The topological polar surface area (TPSA) is 49.4 Å². The predicted octanol–water partition coefficient (Wildman–Crippen LogP) is 1.94. The maximum absolute atomic E-state index is 12.8. The van der Waals surface area contributed by atoms with Crippen molar-refractivity contribution in [2.24, 2.45) is 5.92 Å². The molecule has 0 aromatic heterocycles. The number of carbonyl (C=O) groups excluding carboxylic acids is 2. The van der Waals surface area contributed by atoms with E-state index >= 15 is 0 Å². The van der Waals surface area contributed by atoms with Gasteiger partial charge in [-0.1, -0.05) is 26.2 Å². The van der Waals surface area contributed by atoms with E-state index in [1.54, 1.807) is 6.92 Å². The Kier molecular flexibility index (Phi) is 4.94. The molecule has 1 aliphatic carbocycles. The van der Waals surface area contributed by atoms with Gasteiger partial charge in [0, 0.05) is 0 Å². The lowest BCUT2D eigenvalue weighted by atomic mass is 9.81. The molecule has 0 radical (unpaired) electrons. The van der Waals surface area contributed by atoms with Gasteiger partial charge in [-0.2, -0.15) is 0 Å². The van der Waals surface area contributed by atoms with Crippen molar-refractivity contribution in [3.63, 3.8) is 0 Å². The van der Waals surface area contributed by atoms with Crippen molar-refractivity contribution in [1.29, 1.82) is 0 Å². The molecule has 0 aromatic rings. The number of hydrogen-bond donors (Lipinski definition) is 1. The van der Waals surface area contributed by atoms with Crippen LogP contribution in [0, 0.1) is 5.92 Å². The van der Waals surface area contributed by atoms with E-state index in [0.717, 1.165) is 37.0 Å². The quantitative estimate of drug-likeness (QED) is 0.859. The van der Waals surface area contributed by atoms with E-state index in [0.29, 0.717) is 6.42 Å². The van der Waals surface area contributed by atoms with Crippen molar-refractivity contribution < 1.29 is 18.4 Å². The monoisotopic (exact) mass is 288 g/mol. The Morgan fingerprint density at radius 3 is 2.45 bits per heavy atom. The summed E-state index contributed by atoms with van der Waals surface area (Å²) in [6.45, 7) is 1.13. The zero-order valence-electron chi connectivity index (χ0n) is 11.8.